The zero-order chi connectivity index (χ0) is 22.5. The van der Waals surface area contributed by atoms with E-state index in [9.17, 15) is 27.9 Å². The molecule has 1 unspecified atom stereocenters. The Bertz CT molecular complexity index is 921. The normalized spacial score (nSPS) is 13.4. The maximum absolute atomic E-state index is 12.8. The van der Waals surface area contributed by atoms with Gasteiger partial charge in [0.05, 0.1) is 10.7 Å². The second kappa shape index (κ2) is 9.69. The lowest BCUT2D eigenvalue weighted by Crippen LogP contribution is -2.52. The summed E-state index contributed by atoms with van der Waals surface area (Å²) in [6, 6.07) is 11.3. The number of anilines is 2. The van der Waals surface area contributed by atoms with Crippen LogP contribution in [-0.4, -0.2) is 42.4 Å². The predicted molar refractivity (Wildman–Crippen MR) is 108 cm³/mol. The number of rotatable bonds is 7. The molecule has 0 fully saturated rings. The average Bonchev–Trinajstić information content (AvgIpc) is 2.64. The van der Waals surface area contributed by atoms with Gasteiger partial charge in [-0.05, 0) is 49.4 Å². The van der Waals surface area contributed by atoms with Gasteiger partial charge in [-0.25, -0.2) is 0 Å². The molecule has 0 saturated carbocycles. The monoisotopic (exact) mass is 462 g/mol. The molecular formula is C19H18ClF3N2O4S. The van der Waals surface area contributed by atoms with Crippen LogP contribution in [0, 0.1) is 0 Å². The summed E-state index contributed by atoms with van der Waals surface area (Å²) in [4.78, 5) is 24.7. The molecule has 0 aliphatic carbocycles. The van der Waals surface area contributed by atoms with Crippen molar-refractivity contribution in [3.63, 3.8) is 0 Å². The van der Waals surface area contributed by atoms with Crippen LogP contribution < -0.4 is 10.6 Å². The Morgan fingerprint density at radius 2 is 1.70 bits per heavy atom. The fourth-order valence-electron chi connectivity index (χ4n) is 2.10. The molecule has 2 aromatic rings. The quantitative estimate of drug-likeness (QED) is 0.570. The second-order valence-corrected chi connectivity index (χ2v) is 7.83. The minimum atomic E-state index is -5.13. The van der Waals surface area contributed by atoms with Crippen LogP contribution in [0.1, 0.15) is 6.92 Å². The van der Waals surface area contributed by atoms with Gasteiger partial charge in [0.25, 0.3) is 5.91 Å². The van der Waals surface area contributed by atoms with Crippen LogP contribution in [-0.2, 0) is 14.3 Å². The zero-order valence-corrected chi connectivity index (χ0v) is 17.4. The molecule has 0 saturated heterocycles. The first-order valence-corrected chi connectivity index (χ1v) is 9.60. The maximum Gasteiger partial charge on any atom is 0.426 e. The number of hydrogen-bond donors (Lipinski definition) is 3. The third kappa shape index (κ3) is 6.11. The highest BCUT2D eigenvalue weighted by Crippen LogP contribution is 2.35. The minimum Gasteiger partial charge on any atom is -0.375 e. The van der Waals surface area contributed by atoms with Gasteiger partial charge in [-0.1, -0.05) is 23.4 Å². The number of methoxy groups -OCH3 is 1. The van der Waals surface area contributed by atoms with E-state index in [1.165, 1.54) is 31.0 Å². The number of carbonyl (C=O) groups excluding carboxylic acids is 2. The number of nitrogens with one attached hydrogen (secondary N) is 2. The number of aliphatic hydroxyl groups is 1. The van der Waals surface area contributed by atoms with Gasteiger partial charge in [0.15, 0.2) is 0 Å². The van der Waals surface area contributed by atoms with Crippen molar-refractivity contribution < 1.29 is 32.6 Å². The molecule has 0 radical (unpaired) electrons. The van der Waals surface area contributed by atoms with Gasteiger partial charge in [-0.2, -0.15) is 13.2 Å². The Labute approximate surface area is 179 Å². The number of carbonyl (C=O) groups is 2. The molecule has 0 spiro atoms. The first kappa shape index (κ1) is 24.0. The second-order valence-electron chi connectivity index (χ2n) is 6.27. The predicted octanol–water partition coefficient (Wildman–Crippen LogP) is 4.33. The molecule has 11 heteroatoms. The lowest BCUT2D eigenvalue weighted by Gasteiger charge is -2.25. The van der Waals surface area contributed by atoms with E-state index in [1.54, 1.807) is 30.3 Å². The van der Waals surface area contributed by atoms with Crippen LogP contribution in [0.4, 0.5) is 24.5 Å². The SMILES string of the molecule is COCC(=O)Nc1ccc(Sc2ccc(NC(=O)C(C)(O)C(F)(F)F)c(Cl)c2)cc1. The van der Waals surface area contributed by atoms with E-state index in [2.05, 4.69) is 5.32 Å². The van der Waals surface area contributed by atoms with Gasteiger partial charge in [0, 0.05) is 22.6 Å². The minimum absolute atomic E-state index is 0.00905. The molecule has 1 atom stereocenters. The molecule has 2 rings (SSSR count). The van der Waals surface area contributed by atoms with Crippen molar-refractivity contribution in [2.45, 2.75) is 28.5 Å². The third-order valence-electron chi connectivity index (χ3n) is 3.83. The molecule has 0 aliphatic heterocycles. The summed E-state index contributed by atoms with van der Waals surface area (Å²) in [5.41, 5.74) is -3.02. The van der Waals surface area contributed by atoms with E-state index >= 15 is 0 Å². The van der Waals surface area contributed by atoms with E-state index < -0.39 is 17.7 Å². The van der Waals surface area contributed by atoms with Gasteiger partial charge < -0.3 is 20.5 Å². The maximum atomic E-state index is 12.8. The molecule has 0 bridgehead atoms. The first-order valence-electron chi connectivity index (χ1n) is 8.41. The number of alkyl halides is 3. The standard InChI is InChI=1S/C19H18ClF3N2O4S/c1-18(28,19(21,22)23)17(27)25-15-8-7-13(9-14(15)20)30-12-5-3-11(4-6-12)24-16(26)10-29-2/h3-9,28H,10H2,1-2H3,(H,24,26)(H,25,27). The van der Waals surface area contributed by atoms with Gasteiger partial charge in [0.1, 0.15) is 6.61 Å². The van der Waals surface area contributed by atoms with Crippen molar-refractivity contribution in [2.24, 2.45) is 0 Å². The van der Waals surface area contributed by atoms with Crippen molar-refractivity contribution in [2.75, 3.05) is 24.4 Å². The highest BCUT2D eigenvalue weighted by Gasteiger charge is 2.55. The summed E-state index contributed by atoms with van der Waals surface area (Å²) in [6.45, 7) is 0.304. The molecule has 162 valence electrons. The summed E-state index contributed by atoms with van der Waals surface area (Å²) < 4.78 is 43.0. The fourth-order valence-corrected chi connectivity index (χ4v) is 3.25. The topological polar surface area (TPSA) is 87.7 Å². The van der Waals surface area contributed by atoms with E-state index in [4.69, 9.17) is 16.3 Å². The first-order chi connectivity index (χ1) is 13.9. The zero-order valence-electron chi connectivity index (χ0n) is 15.8. The average molecular weight is 463 g/mol. The summed E-state index contributed by atoms with van der Waals surface area (Å²) >= 11 is 7.38. The van der Waals surface area contributed by atoms with Gasteiger partial charge in [-0.15, -0.1) is 0 Å². The third-order valence-corrected chi connectivity index (χ3v) is 5.14. The summed E-state index contributed by atoms with van der Waals surface area (Å²) in [6.07, 6.45) is -5.13. The number of amides is 2. The molecule has 0 aliphatic rings. The van der Waals surface area contributed by atoms with Crippen LogP contribution in [0.15, 0.2) is 52.3 Å². The number of halogens is 4. The fraction of sp³-hybridized carbons (Fsp3) is 0.263. The Morgan fingerprint density at radius 1 is 1.10 bits per heavy atom. The molecule has 3 N–H and O–H groups in total. The molecule has 2 aromatic carbocycles. The number of benzene rings is 2. The van der Waals surface area contributed by atoms with Crippen molar-refractivity contribution in [3.05, 3.63) is 47.5 Å². The Kier molecular flexibility index (Phi) is 7.75. The van der Waals surface area contributed by atoms with Gasteiger partial charge in [-0.3, -0.25) is 9.59 Å². The van der Waals surface area contributed by atoms with E-state index in [-0.39, 0.29) is 23.2 Å². The van der Waals surface area contributed by atoms with Crippen molar-refractivity contribution >= 4 is 46.6 Å². The Morgan fingerprint density at radius 3 is 2.23 bits per heavy atom. The molecule has 2 amide bonds. The smallest absolute Gasteiger partial charge is 0.375 e. The lowest BCUT2D eigenvalue weighted by atomic mass is 10.1. The van der Waals surface area contributed by atoms with Crippen LogP contribution >= 0.6 is 23.4 Å². The van der Waals surface area contributed by atoms with Crippen LogP contribution in [0.5, 0.6) is 0 Å². The number of hydrogen-bond acceptors (Lipinski definition) is 5. The number of ether oxygens (including phenoxy) is 1. The van der Waals surface area contributed by atoms with Crippen LogP contribution in [0.25, 0.3) is 0 Å². The molecular weight excluding hydrogens is 445 g/mol. The van der Waals surface area contributed by atoms with E-state index in [0.29, 0.717) is 17.5 Å². The highest BCUT2D eigenvalue weighted by atomic mass is 35.5. The largest absolute Gasteiger partial charge is 0.426 e. The van der Waals surface area contributed by atoms with Crippen molar-refractivity contribution in [1.29, 1.82) is 0 Å². The lowest BCUT2D eigenvalue weighted by molar-refractivity contribution is -0.242. The van der Waals surface area contributed by atoms with Crippen LogP contribution in [0.2, 0.25) is 5.02 Å². The Hall–Kier alpha value is -2.27. The molecule has 0 heterocycles. The van der Waals surface area contributed by atoms with Crippen LogP contribution in [0.3, 0.4) is 0 Å². The van der Waals surface area contributed by atoms with E-state index in [1.807, 2.05) is 5.32 Å². The van der Waals surface area contributed by atoms with Gasteiger partial charge in [0.2, 0.25) is 11.5 Å². The van der Waals surface area contributed by atoms with Crippen molar-refractivity contribution in [1.82, 2.24) is 0 Å². The highest BCUT2D eigenvalue weighted by molar-refractivity contribution is 7.99. The Balaban J connectivity index is 2.05. The van der Waals surface area contributed by atoms with Crippen molar-refractivity contribution in [3.8, 4) is 0 Å². The summed E-state index contributed by atoms with van der Waals surface area (Å²) in [7, 11) is 1.42. The van der Waals surface area contributed by atoms with Gasteiger partial charge >= 0.3 is 6.18 Å². The molecule has 30 heavy (non-hydrogen) atoms. The summed E-state index contributed by atoms with van der Waals surface area (Å²) in [5.74, 6) is -1.92. The summed E-state index contributed by atoms with van der Waals surface area (Å²) in [5, 5.41) is 14.1. The molecule has 6 nitrogen and oxygen atoms in total. The van der Waals surface area contributed by atoms with E-state index in [0.717, 1.165) is 4.90 Å². The molecule has 0 aromatic heterocycles.